The van der Waals surface area contributed by atoms with Gasteiger partial charge >= 0.3 is 0 Å². The zero-order chi connectivity index (χ0) is 18.8. The Morgan fingerprint density at radius 1 is 1.37 bits per heavy atom. The van der Waals surface area contributed by atoms with E-state index in [1.54, 1.807) is 0 Å². The number of aryl methyl sites for hydroxylation is 1. The fraction of sp³-hybridized carbons (Fsp3) is 0.476. The predicted molar refractivity (Wildman–Crippen MR) is 102 cm³/mol. The number of ether oxygens (including phenoxy) is 2. The number of aromatic nitrogens is 3. The summed E-state index contributed by atoms with van der Waals surface area (Å²) in [6.07, 6.45) is 7.20. The SMILES string of the molecule is CCOc1cc2c(cc1/C=C(/C#N)c1nnc3n1CCCCC3)OC(C)C2. The van der Waals surface area contributed by atoms with Crippen LogP contribution in [0.3, 0.4) is 0 Å². The summed E-state index contributed by atoms with van der Waals surface area (Å²) in [7, 11) is 0. The van der Waals surface area contributed by atoms with Crippen LogP contribution in [0.2, 0.25) is 0 Å². The number of hydrogen-bond acceptors (Lipinski definition) is 5. The molecule has 0 spiro atoms. The van der Waals surface area contributed by atoms with Crippen LogP contribution in [0, 0.1) is 11.3 Å². The van der Waals surface area contributed by atoms with Gasteiger partial charge in [0, 0.05) is 30.5 Å². The molecule has 0 bridgehead atoms. The maximum atomic E-state index is 9.82. The van der Waals surface area contributed by atoms with Crippen molar-refractivity contribution < 1.29 is 9.47 Å². The molecule has 27 heavy (non-hydrogen) atoms. The molecule has 0 aliphatic carbocycles. The standard InChI is InChI=1S/C21H24N4O2/c1-3-26-18-11-15-9-14(2)27-19(15)12-16(18)10-17(13-22)21-24-23-20-7-5-4-6-8-25(20)21/h10-12,14H,3-9H2,1-2H3/b17-10-. The van der Waals surface area contributed by atoms with Gasteiger partial charge in [-0.1, -0.05) is 6.42 Å². The second-order valence-corrected chi connectivity index (χ2v) is 7.14. The van der Waals surface area contributed by atoms with Gasteiger partial charge in [-0.15, -0.1) is 10.2 Å². The highest BCUT2D eigenvalue weighted by Crippen LogP contribution is 2.36. The first-order chi connectivity index (χ1) is 13.2. The molecule has 1 unspecified atom stereocenters. The first-order valence-corrected chi connectivity index (χ1v) is 9.70. The van der Waals surface area contributed by atoms with Crippen LogP contribution < -0.4 is 9.47 Å². The molecule has 3 heterocycles. The normalized spacial score (nSPS) is 18.9. The monoisotopic (exact) mass is 364 g/mol. The summed E-state index contributed by atoms with van der Waals surface area (Å²) >= 11 is 0. The summed E-state index contributed by atoms with van der Waals surface area (Å²) < 4.78 is 13.8. The summed E-state index contributed by atoms with van der Waals surface area (Å²) in [4.78, 5) is 0. The van der Waals surface area contributed by atoms with E-state index < -0.39 is 0 Å². The van der Waals surface area contributed by atoms with Crippen LogP contribution in [-0.2, 0) is 19.4 Å². The van der Waals surface area contributed by atoms with Crippen molar-refractivity contribution >= 4 is 11.6 Å². The fourth-order valence-electron chi connectivity index (χ4n) is 3.84. The van der Waals surface area contributed by atoms with Crippen LogP contribution in [0.1, 0.15) is 55.9 Å². The van der Waals surface area contributed by atoms with Crippen molar-refractivity contribution in [3.05, 3.63) is 34.9 Å². The third kappa shape index (κ3) is 3.42. The maximum absolute atomic E-state index is 9.82. The molecule has 0 saturated carbocycles. The Kier molecular flexibility index (Phi) is 4.85. The lowest BCUT2D eigenvalue weighted by atomic mass is 10.0. The van der Waals surface area contributed by atoms with Crippen molar-refractivity contribution in [3.63, 3.8) is 0 Å². The fourth-order valence-corrected chi connectivity index (χ4v) is 3.84. The van der Waals surface area contributed by atoms with Gasteiger partial charge in [-0.25, -0.2) is 0 Å². The minimum Gasteiger partial charge on any atom is -0.493 e. The van der Waals surface area contributed by atoms with Gasteiger partial charge < -0.3 is 14.0 Å². The first-order valence-electron chi connectivity index (χ1n) is 9.70. The lowest BCUT2D eigenvalue weighted by molar-refractivity contribution is 0.254. The van der Waals surface area contributed by atoms with Crippen LogP contribution in [0.4, 0.5) is 0 Å². The van der Waals surface area contributed by atoms with E-state index in [0.29, 0.717) is 18.0 Å². The average molecular weight is 364 g/mol. The molecule has 1 atom stereocenters. The van der Waals surface area contributed by atoms with Gasteiger partial charge in [0.1, 0.15) is 29.5 Å². The number of allylic oxidation sites excluding steroid dienone is 1. The lowest BCUT2D eigenvalue weighted by Crippen LogP contribution is -2.05. The number of nitrogens with zero attached hydrogens (tertiary/aromatic N) is 4. The van der Waals surface area contributed by atoms with E-state index >= 15 is 0 Å². The van der Waals surface area contributed by atoms with Crippen molar-refractivity contribution in [2.75, 3.05) is 6.61 Å². The number of benzene rings is 1. The molecule has 0 saturated heterocycles. The molecule has 1 aromatic heterocycles. The Balaban J connectivity index is 1.77. The van der Waals surface area contributed by atoms with E-state index in [2.05, 4.69) is 27.8 Å². The second-order valence-electron chi connectivity index (χ2n) is 7.14. The van der Waals surface area contributed by atoms with Gasteiger partial charge in [-0.2, -0.15) is 5.26 Å². The minimum atomic E-state index is 0.163. The summed E-state index contributed by atoms with van der Waals surface area (Å²) in [5.74, 6) is 3.26. The lowest BCUT2D eigenvalue weighted by Gasteiger charge is -2.11. The van der Waals surface area contributed by atoms with Crippen LogP contribution >= 0.6 is 0 Å². The third-order valence-electron chi connectivity index (χ3n) is 5.10. The highest BCUT2D eigenvalue weighted by molar-refractivity contribution is 5.89. The van der Waals surface area contributed by atoms with Gasteiger partial charge in [0.05, 0.1) is 12.2 Å². The molecule has 4 rings (SSSR count). The topological polar surface area (TPSA) is 73.0 Å². The first kappa shape index (κ1) is 17.6. The van der Waals surface area contributed by atoms with E-state index in [1.165, 1.54) is 6.42 Å². The molecular weight excluding hydrogens is 340 g/mol. The quantitative estimate of drug-likeness (QED) is 0.772. The zero-order valence-corrected chi connectivity index (χ0v) is 15.9. The van der Waals surface area contributed by atoms with Crippen molar-refractivity contribution in [2.45, 2.75) is 58.6 Å². The molecule has 6 heteroatoms. The van der Waals surface area contributed by atoms with Crippen molar-refractivity contribution in [3.8, 4) is 17.6 Å². The number of nitriles is 1. The Morgan fingerprint density at radius 3 is 3.07 bits per heavy atom. The average Bonchev–Trinajstić information content (AvgIpc) is 3.13. The second kappa shape index (κ2) is 7.43. The smallest absolute Gasteiger partial charge is 0.174 e. The van der Waals surface area contributed by atoms with Gasteiger partial charge in [-0.05, 0) is 44.9 Å². The molecular formula is C21H24N4O2. The Bertz CT molecular complexity index is 923. The van der Waals surface area contributed by atoms with Gasteiger partial charge in [-0.3, -0.25) is 0 Å². The van der Waals surface area contributed by atoms with Crippen molar-refractivity contribution in [2.24, 2.45) is 0 Å². The summed E-state index contributed by atoms with van der Waals surface area (Å²) in [6.45, 7) is 5.45. The van der Waals surface area contributed by atoms with E-state index in [4.69, 9.17) is 9.47 Å². The molecule has 140 valence electrons. The van der Waals surface area contributed by atoms with Crippen molar-refractivity contribution in [1.82, 2.24) is 14.8 Å². The molecule has 2 aliphatic heterocycles. The molecule has 2 aliphatic rings. The van der Waals surface area contributed by atoms with E-state index in [0.717, 1.165) is 60.7 Å². The van der Waals surface area contributed by atoms with Crippen LogP contribution in [0.15, 0.2) is 12.1 Å². The third-order valence-corrected chi connectivity index (χ3v) is 5.10. The molecule has 0 amide bonds. The summed E-state index contributed by atoms with van der Waals surface area (Å²) in [5, 5.41) is 18.5. The molecule has 0 N–H and O–H groups in total. The molecule has 6 nitrogen and oxygen atoms in total. The van der Waals surface area contributed by atoms with E-state index in [-0.39, 0.29) is 6.10 Å². The molecule has 0 radical (unpaired) electrons. The van der Waals surface area contributed by atoms with Gasteiger partial charge in [0.2, 0.25) is 0 Å². The predicted octanol–water partition coefficient (Wildman–Crippen LogP) is 3.79. The Labute approximate surface area is 159 Å². The van der Waals surface area contributed by atoms with Crippen LogP contribution in [-0.4, -0.2) is 27.5 Å². The van der Waals surface area contributed by atoms with E-state index in [9.17, 15) is 5.26 Å². The van der Waals surface area contributed by atoms with Crippen LogP contribution in [0.25, 0.3) is 11.6 Å². The minimum absolute atomic E-state index is 0.163. The summed E-state index contributed by atoms with van der Waals surface area (Å²) in [5.41, 5.74) is 2.49. The highest BCUT2D eigenvalue weighted by Gasteiger charge is 2.23. The number of fused-ring (bicyclic) bond motifs is 2. The molecule has 1 aromatic carbocycles. The maximum Gasteiger partial charge on any atom is 0.174 e. The molecule has 0 fully saturated rings. The van der Waals surface area contributed by atoms with Crippen molar-refractivity contribution in [1.29, 1.82) is 5.26 Å². The van der Waals surface area contributed by atoms with Gasteiger partial charge in [0.15, 0.2) is 5.82 Å². The Morgan fingerprint density at radius 2 is 2.26 bits per heavy atom. The largest absolute Gasteiger partial charge is 0.493 e. The Hall–Kier alpha value is -2.81. The highest BCUT2D eigenvalue weighted by atomic mass is 16.5. The molecule has 2 aromatic rings. The number of hydrogen-bond donors (Lipinski definition) is 0. The van der Waals surface area contributed by atoms with Gasteiger partial charge in [0.25, 0.3) is 0 Å². The van der Waals surface area contributed by atoms with Crippen LogP contribution in [0.5, 0.6) is 11.5 Å². The van der Waals surface area contributed by atoms with E-state index in [1.807, 2.05) is 25.1 Å². The zero-order valence-electron chi connectivity index (χ0n) is 15.9. The number of rotatable bonds is 4. The summed E-state index contributed by atoms with van der Waals surface area (Å²) in [6, 6.07) is 6.32.